The highest BCUT2D eigenvalue weighted by molar-refractivity contribution is 7.09. The smallest absolute Gasteiger partial charge is 0.202 e. The van der Waals surface area contributed by atoms with Gasteiger partial charge in [0, 0.05) is 37.2 Å². The molecule has 1 fully saturated rings. The molecular weight excluding hydrogens is 246 g/mol. The van der Waals surface area contributed by atoms with Gasteiger partial charge in [-0.1, -0.05) is 13.8 Å². The maximum atomic E-state index is 5.39. The molecular formula is C13H23N3OS. The summed E-state index contributed by atoms with van der Waals surface area (Å²) in [6.45, 7) is 8.41. The van der Waals surface area contributed by atoms with Crippen LogP contribution in [0.4, 0.5) is 5.13 Å². The predicted octanol–water partition coefficient (Wildman–Crippen LogP) is 2.96. The van der Waals surface area contributed by atoms with Gasteiger partial charge in [0.1, 0.15) is 5.82 Å². The lowest BCUT2D eigenvalue weighted by Gasteiger charge is -2.28. The first-order valence-corrected chi connectivity index (χ1v) is 7.59. The minimum atomic E-state index is 0.453. The van der Waals surface area contributed by atoms with Gasteiger partial charge in [-0.2, -0.15) is 4.37 Å². The molecule has 1 N–H and O–H groups in total. The van der Waals surface area contributed by atoms with Gasteiger partial charge in [0.15, 0.2) is 0 Å². The molecule has 18 heavy (non-hydrogen) atoms. The van der Waals surface area contributed by atoms with Crippen molar-refractivity contribution in [1.82, 2.24) is 9.36 Å². The molecule has 0 amide bonds. The van der Waals surface area contributed by atoms with E-state index in [1.807, 2.05) is 0 Å². The molecule has 1 atom stereocenters. The van der Waals surface area contributed by atoms with E-state index in [4.69, 9.17) is 4.74 Å². The first-order valence-electron chi connectivity index (χ1n) is 6.82. The number of anilines is 1. The van der Waals surface area contributed by atoms with Crippen LogP contribution in [0, 0.1) is 11.8 Å². The third-order valence-electron chi connectivity index (χ3n) is 3.38. The molecule has 0 radical (unpaired) electrons. The molecule has 1 aromatic rings. The van der Waals surface area contributed by atoms with Crippen LogP contribution in [0.3, 0.4) is 0 Å². The van der Waals surface area contributed by atoms with E-state index < -0.39 is 0 Å². The molecule has 1 aliphatic heterocycles. The average Bonchev–Trinajstić information content (AvgIpc) is 2.76. The summed E-state index contributed by atoms with van der Waals surface area (Å²) in [5.41, 5.74) is 0. The minimum Gasteiger partial charge on any atom is -0.381 e. The first kappa shape index (κ1) is 13.7. The Bertz CT molecular complexity index is 361. The van der Waals surface area contributed by atoms with Crippen molar-refractivity contribution < 1.29 is 4.74 Å². The van der Waals surface area contributed by atoms with Crippen LogP contribution >= 0.6 is 11.5 Å². The highest BCUT2D eigenvalue weighted by Crippen LogP contribution is 2.23. The number of aromatic nitrogens is 2. The van der Waals surface area contributed by atoms with Gasteiger partial charge in [-0.3, -0.25) is 0 Å². The fourth-order valence-corrected chi connectivity index (χ4v) is 2.98. The monoisotopic (exact) mass is 269 g/mol. The van der Waals surface area contributed by atoms with Crippen molar-refractivity contribution >= 4 is 16.7 Å². The molecule has 1 aromatic heterocycles. The Labute approximate surface area is 113 Å². The molecule has 0 spiro atoms. The van der Waals surface area contributed by atoms with Gasteiger partial charge in [-0.15, -0.1) is 0 Å². The topological polar surface area (TPSA) is 47.0 Å². The Balaban J connectivity index is 1.86. The van der Waals surface area contributed by atoms with E-state index in [1.165, 1.54) is 11.5 Å². The van der Waals surface area contributed by atoms with Gasteiger partial charge < -0.3 is 10.1 Å². The van der Waals surface area contributed by atoms with Crippen LogP contribution in [0.15, 0.2) is 0 Å². The largest absolute Gasteiger partial charge is 0.381 e. The van der Waals surface area contributed by atoms with Gasteiger partial charge >= 0.3 is 0 Å². The van der Waals surface area contributed by atoms with Crippen LogP contribution in [-0.4, -0.2) is 28.6 Å². The maximum absolute atomic E-state index is 5.39. The highest BCUT2D eigenvalue weighted by atomic mass is 32.1. The lowest BCUT2D eigenvalue weighted by molar-refractivity contribution is 0.0622. The number of hydrogen-bond acceptors (Lipinski definition) is 5. The van der Waals surface area contributed by atoms with Crippen molar-refractivity contribution in [1.29, 1.82) is 0 Å². The van der Waals surface area contributed by atoms with Crippen LogP contribution in [-0.2, 0) is 11.2 Å². The zero-order valence-electron chi connectivity index (χ0n) is 11.5. The number of rotatable bonds is 5. The Morgan fingerprint density at radius 3 is 2.72 bits per heavy atom. The van der Waals surface area contributed by atoms with Gasteiger partial charge in [-0.25, -0.2) is 4.98 Å². The Morgan fingerprint density at radius 2 is 2.06 bits per heavy atom. The molecule has 0 bridgehead atoms. The Morgan fingerprint density at radius 1 is 1.33 bits per heavy atom. The predicted molar refractivity (Wildman–Crippen MR) is 75.1 cm³/mol. The molecule has 1 unspecified atom stereocenters. The van der Waals surface area contributed by atoms with Crippen LogP contribution < -0.4 is 5.32 Å². The zero-order chi connectivity index (χ0) is 13.0. The standard InChI is InChI=1S/C13H23N3OS/c1-9(2)8-12-15-13(18-16-12)14-10(3)11-4-6-17-7-5-11/h9-11H,4-8H2,1-3H3,(H,14,15,16). The molecule has 2 rings (SSSR count). The van der Waals surface area contributed by atoms with E-state index in [9.17, 15) is 0 Å². The molecule has 5 heteroatoms. The van der Waals surface area contributed by atoms with Crippen LogP contribution in [0.1, 0.15) is 39.4 Å². The summed E-state index contributed by atoms with van der Waals surface area (Å²) in [5, 5.41) is 4.46. The van der Waals surface area contributed by atoms with Gasteiger partial charge in [-0.05, 0) is 31.6 Å². The number of nitrogens with one attached hydrogen (secondary N) is 1. The summed E-state index contributed by atoms with van der Waals surface area (Å²) in [4.78, 5) is 4.55. The minimum absolute atomic E-state index is 0.453. The summed E-state index contributed by atoms with van der Waals surface area (Å²) in [6, 6.07) is 0.453. The van der Waals surface area contributed by atoms with E-state index in [2.05, 4.69) is 35.4 Å². The van der Waals surface area contributed by atoms with Crippen LogP contribution in [0.5, 0.6) is 0 Å². The molecule has 0 aromatic carbocycles. The van der Waals surface area contributed by atoms with Crippen molar-refractivity contribution in [3.8, 4) is 0 Å². The fraction of sp³-hybridized carbons (Fsp3) is 0.846. The summed E-state index contributed by atoms with van der Waals surface area (Å²) in [6.07, 6.45) is 3.25. The maximum Gasteiger partial charge on any atom is 0.202 e. The fourth-order valence-electron chi connectivity index (χ4n) is 2.29. The van der Waals surface area contributed by atoms with Gasteiger partial charge in [0.05, 0.1) is 0 Å². The van der Waals surface area contributed by atoms with Gasteiger partial charge in [0.25, 0.3) is 0 Å². The van der Waals surface area contributed by atoms with E-state index in [0.29, 0.717) is 17.9 Å². The quantitative estimate of drug-likeness (QED) is 0.892. The molecule has 2 heterocycles. The molecule has 4 nitrogen and oxygen atoms in total. The number of hydrogen-bond donors (Lipinski definition) is 1. The highest BCUT2D eigenvalue weighted by Gasteiger charge is 2.21. The SMILES string of the molecule is CC(C)Cc1nsc(NC(C)C2CCOCC2)n1. The Kier molecular flexibility index (Phi) is 4.95. The Hall–Kier alpha value is -0.680. The van der Waals surface area contributed by atoms with Crippen molar-refractivity contribution in [3.63, 3.8) is 0 Å². The van der Waals surface area contributed by atoms with Crippen molar-refractivity contribution in [2.45, 2.75) is 46.1 Å². The van der Waals surface area contributed by atoms with Gasteiger partial charge in [0.2, 0.25) is 5.13 Å². The van der Waals surface area contributed by atoms with E-state index in [-0.39, 0.29) is 0 Å². The zero-order valence-corrected chi connectivity index (χ0v) is 12.3. The number of ether oxygens (including phenoxy) is 1. The number of nitrogens with zero attached hydrogens (tertiary/aromatic N) is 2. The third-order valence-corrected chi connectivity index (χ3v) is 4.07. The van der Waals surface area contributed by atoms with E-state index in [0.717, 1.165) is 43.4 Å². The second-order valence-corrected chi connectivity index (χ2v) is 6.25. The summed E-state index contributed by atoms with van der Waals surface area (Å²) in [7, 11) is 0. The summed E-state index contributed by atoms with van der Waals surface area (Å²) in [5.74, 6) is 2.27. The second-order valence-electron chi connectivity index (χ2n) is 5.50. The first-order chi connectivity index (χ1) is 8.65. The average molecular weight is 269 g/mol. The molecule has 0 aliphatic carbocycles. The van der Waals surface area contributed by atoms with Crippen LogP contribution in [0.25, 0.3) is 0 Å². The van der Waals surface area contributed by atoms with Crippen LogP contribution in [0.2, 0.25) is 0 Å². The van der Waals surface area contributed by atoms with Crippen molar-refractivity contribution in [2.75, 3.05) is 18.5 Å². The lowest BCUT2D eigenvalue weighted by atomic mass is 9.93. The van der Waals surface area contributed by atoms with E-state index >= 15 is 0 Å². The van der Waals surface area contributed by atoms with Crippen molar-refractivity contribution in [3.05, 3.63) is 5.82 Å². The molecule has 0 saturated carbocycles. The molecule has 102 valence electrons. The summed E-state index contributed by atoms with van der Waals surface area (Å²) >= 11 is 1.48. The summed E-state index contributed by atoms with van der Waals surface area (Å²) < 4.78 is 9.79. The lowest BCUT2D eigenvalue weighted by Crippen LogP contribution is -2.30. The third kappa shape index (κ3) is 3.92. The molecule has 1 saturated heterocycles. The second kappa shape index (κ2) is 6.48. The normalized spacial score (nSPS) is 19.1. The van der Waals surface area contributed by atoms with Crippen molar-refractivity contribution in [2.24, 2.45) is 11.8 Å². The molecule has 1 aliphatic rings. The van der Waals surface area contributed by atoms with E-state index in [1.54, 1.807) is 0 Å².